The van der Waals surface area contributed by atoms with Crippen molar-refractivity contribution in [1.29, 1.82) is 0 Å². The molecular weight excluding hydrogens is 409 g/mol. The first-order valence-corrected chi connectivity index (χ1v) is 10.5. The van der Waals surface area contributed by atoms with Gasteiger partial charge in [0.15, 0.2) is 0 Å². The summed E-state index contributed by atoms with van der Waals surface area (Å²) in [6.45, 7) is 5.67. The molecule has 0 unspecified atom stereocenters. The summed E-state index contributed by atoms with van der Waals surface area (Å²) in [5.74, 6) is -0.0325. The molecule has 1 amide bonds. The number of morpholine rings is 1. The van der Waals surface area contributed by atoms with Crippen LogP contribution in [0.25, 0.3) is 6.08 Å². The molecule has 0 bridgehead atoms. The van der Waals surface area contributed by atoms with E-state index < -0.39 is 0 Å². The number of nitrogens with zero attached hydrogens (tertiary/aromatic N) is 3. The second-order valence-corrected chi connectivity index (χ2v) is 7.74. The van der Waals surface area contributed by atoms with Crippen molar-refractivity contribution in [2.24, 2.45) is 0 Å². The predicted molar refractivity (Wildman–Crippen MR) is 117 cm³/mol. The molecule has 0 N–H and O–H groups in total. The van der Waals surface area contributed by atoms with Crippen LogP contribution in [-0.4, -0.2) is 60.1 Å². The maximum atomic E-state index is 12.9. The molecule has 0 radical (unpaired) electrons. The van der Waals surface area contributed by atoms with Gasteiger partial charge in [-0.2, -0.15) is 0 Å². The molecular formula is C22H25Cl2N3O2. The van der Waals surface area contributed by atoms with Crippen molar-refractivity contribution in [2.75, 3.05) is 39.4 Å². The third-order valence-corrected chi connectivity index (χ3v) is 5.54. The second-order valence-electron chi connectivity index (χ2n) is 6.93. The SMILES string of the molecule is O=C(/C=C/c1ccc(Cl)c(Cl)c1)N(CCCN1CCOCC1)Cc1ccncc1. The van der Waals surface area contributed by atoms with Gasteiger partial charge in [-0.1, -0.05) is 29.3 Å². The molecule has 1 aromatic heterocycles. The summed E-state index contributed by atoms with van der Waals surface area (Å²) in [5, 5.41) is 0.970. The number of halogens is 2. The van der Waals surface area contributed by atoms with Gasteiger partial charge >= 0.3 is 0 Å². The Labute approximate surface area is 181 Å². The Morgan fingerprint density at radius 2 is 1.90 bits per heavy atom. The Morgan fingerprint density at radius 1 is 1.14 bits per heavy atom. The molecule has 1 aromatic carbocycles. The molecule has 5 nitrogen and oxygen atoms in total. The van der Waals surface area contributed by atoms with Gasteiger partial charge in [0.05, 0.1) is 23.3 Å². The summed E-state index contributed by atoms with van der Waals surface area (Å²) in [5.41, 5.74) is 1.90. The highest BCUT2D eigenvalue weighted by Gasteiger charge is 2.14. The number of hydrogen-bond donors (Lipinski definition) is 0. The number of pyridine rings is 1. The van der Waals surface area contributed by atoms with Gasteiger partial charge in [0.1, 0.15) is 0 Å². The van der Waals surface area contributed by atoms with Gasteiger partial charge in [0.25, 0.3) is 0 Å². The fourth-order valence-electron chi connectivity index (χ4n) is 3.17. The summed E-state index contributed by atoms with van der Waals surface area (Å²) in [7, 11) is 0. The number of amides is 1. The van der Waals surface area contributed by atoms with Crippen LogP contribution in [0.4, 0.5) is 0 Å². The van der Waals surface area contributed by atoms with Gasteiger partial charge in [-0.3, -0.25) is 14.7 Å². The average Bonchev–Trinajstić information content (AvgIpc) is 2.75. The van der Waals surface area contributed by atoms with E-state index >= 15 is 0 Å². The fraction of sp³-hybridized carbons (Fsp3) is 0.364. The molecule has 154 valence electrons. The van der Waals surface area contributed by atoms with E-state index in [1.165, 1.54) is 0 Å². The van der Waals surface area contributed by atoms with E-state index in [0.717, 1.165) is 50.4 Å². The summed E-state index contributed by atoms with van der Waals surface area (Å²) >= 11 is 12.0. The molecule has 1 aliphatic heterocycles. The smallest absolute Gasteiger partial charge is 0.246 e. The van der Waals surface area contributed by atoms with Gasteiger partial charge in [0.2, 0.25) is 5.91 Å². The molecule has 2 aromatic rings. The topological polar surface area (TPSA) is 45.7 Å². The maximum Gasteiger partial charge on any atom is 0.246 e. The molecule has 0 spiro atoms. The van der Waals surface area contributed by atoms with Crippen molar-refractivity contribution in [3.05, 3.63) is 70.0 Å². The predicted octanol–water partition coefficient (Wildman–Crippen LogP) is 4.15. The van der Waals surface area contributed by atoms with Gasteiger partial charge in [-0.25, -0.2) is 0 Å². The number of aromatic nitrogens is 1. The second kappa shape index (κ2) is 11.3. The molecule has 0 aliphatic carbocycles. The average molecular weight is 434 g/mol. The zero-order valence-corrected chi connectivity index (χ0v) is 17.8. The van der Waals surface area contributed by atoms with Crippen LogP contribution < -0.4 is 0 Å². The normalized spacial score (nSPS) is 15.0. The van der Waals surface area contributed by atoms with Crippen LogP contribution in [0.5, 0.6) is 0 Å². The molecule has 1 saturated heterocycles. The summed E-state index contributed by atoms with van der Waals surface area (Å²) in [6.07, 6.45) is 7.77. The minimum atomic E-state index is -0.0325. The van der Waals surface area contributed by atoms with E-state index in [2.05, 4.69) is 9.88 Å². The van der Waals surface area contributed by atoms with E-state index in [4.69, 9.17) is 27.9 Å². The van der Waals surface area contributed by atoms with Crippen LogP contribution in [0.2, 0.25) is 10.0 Å². The van der Waals surface area contributed by atoms with Gasteiger partial charge in [0, 0.05) is 51.2 Å². The Kier molecular flexibility index (Phi) is 8.50. The zero-order valence-electron chi connectivity index (χ0n) is 16.3. The van der Waals surface area contributed by atoms with Crippen molar-refractivity contribution in [3.63, 3.8) is 0 Å². The van der Waals surface area contributed by atoms with Gasteiger partial charge < -0.3 is 9.64 Å². The highest BCUT2D eigenvalue weighted by atomic mass is 35.5. The minimum Gasteiger partial charge on any atom is -0.379 e. The molecule has 0 saturated carbocycles. The van der Waals surface area contributed by atoms with Crippen LogP contribution >= 0.6 is 23.2 Å². The monoisotopic (exact) mass is 433 g/mol. The van der Waals surface area contributed by atoms with E-state index in [1.54, 1.807) is 36.7 Å². The maximum absolute atomic E-state index is 12.9. The lowest BCUT2D eigenvalue weighted by Gasteiger charge is -2.28. The number of carbonyl (C=O) groups is 1. The van der Waals surface area contributed by atoms with Crippen molar-refractivity contribution in [1.82, 2.24) is 14.8 Å². The largest absolute Gasteiger partial charge is 0.379 e. The van der Waals surface area contributed by atoms with Crippen molar-refractivity contribution in [3.8, 4) is 0 Å². The first-order chi connectivity index (χ1) is 14.1. The molecule has 3 rings (SSSR count). The summed E-state index contributed by atoms with van der Waals surface area (Å²) < 4.78 is 5.40. The van der Waals surface area contributed by atoms with Crippen molar-refractivity contribution >= 4 is 35.2 Å². The first kappa shape index (κ1) is 21.8. The lowest BCUT2D eigenvalue weighted by Crippen LogP contribution is -2.38. The third-order valence-electron chi connectivity index (χ3n) is 4.80. The number of rotatable bonds is 8. The lowest BCUT2D eigenvalue weighted by atomic mass is 10.2. The summed E-state index contributed by atoms with van der Waals surface area (Å²) in [4.78, 5) is 21.2. The van der Waals surface area contributed by atoms with Crippen LogP contribution in [-0.2, 0) is 16.1 Å². The number of carbonyl (C=O) groups excluding carboxylic acids is 1. The first-order valence-electron chi connectivity index (χ1n) is 9.73. The highest BCUT2D eigenvalue weighted by Crippen LogP contribution is 2.23. The van der Waals surface area contributed by atoms with Crippen LogP contribution in [0.1, 0.15) is 17.5 Å². The van der Waals surface area contributed by atoms with Crippen molar-refractivity contribution in [2.45, 2.75) is 13.0 Å². The van der Waals surface area contributed by atoms with E-state index in [-0.39, 0.29) is 5.91 Å². The quantitative estimate of drug-likeness (QED) is 0.586. The number of ether oxygens (including phenoxy) is 1. The molecule has 1 fully saturated rings. The zero-order chi connectivity index (χ0) is 20.5. The lowest BCUT2D eigenvalue weighted by molar-refractivity contribution is -0.126. The number of hydrogen-bond acceptors (Lipinski definition) is 4. The van der Waals surface area contributed by atoms with Gasteiger partial charge in [-0.15, -0.1) is 0 Å². The Bertz CT molecular complexity index is 824. The van der Waals surface area contributed by atoms with Crippen LogP contribution in [0.15, 0.2) is 48.8 Å². The molecule has 7 heteroatoms. The molecule has 1 aliphatic rings. The molecule has 0 atom stereocenters. The molecule has 2 heterocycles. The van der Waals surface area contributed by atoms with E-state index in [0.29, 0.717) is 23.1 Å². The number of benzene rings is 1. The minimum absolute atomic E-state index is 0.0325. The third kappa shape index (κ3) is 7.12. The van der Waals surface area contributed by atoms with Crippen LogP contribution in [0.3, 0.4) is 0 Å². The van der Waals surface area contributed by atoms with Gasteiger partial charge in [-0.05, 0) is 47.9 Å². The van der Waals surface area contributed by atoms with E-state index in [9.17, 15) is 4.79 Å². The standard InChI is InChI=1S/C22H25Cl2N3O2/c23-20-4-2-18(16-21(20)24)3-5-22(28)27(17-19-6-8-25-9-7-19)11-1-10-26-12-14-29-15-13-26/h2-9,16H,1,10-15,17H2/b5-3+. The Hall–Kier alpha value is -1.92. The Morgan fingerprint density at radius 3 is 2.62 bits per heavy atom. The van der Waals surface area contributed by atoms with Crippen molar-refractivity contribution < 1.29 is 9.53 Å². The Balaban J connectivity index is 1.62. The van der Waals surface area contributed by atoms with E-state index in [1.807, 2.05) is 23.1 Å². The fourth-order valence-corrected chi connectivity index (χ4v) is 3.48. The summed E-state index contributed by atoms with van der Waals surface area (Å²) in [6, 6.07) is 9.18. The highest BCUT2D eigenvalue weighted by molar-refractivity contribution is 6.42. The molecule has 29 heavy (non-hydrogen) atoms. The van der Waals surface area contributed by atoms with Crippen LogP contribution in [0, 0.1) is 0 Å².